The molecule has 7 heteroatoms. The molecule has 0 aromatic heterocycles. The summed E-state index contributed by atoms with van der Waals surface area (Å²) in [5, 5.41) is 12.4. The summed E-state index contributed by atoms with van der Waals surface area (Å²) in [6.07, 6.45) is 1.38. The number of ether oxygens (including phenoxy) is 1. The van der Waals surface area contributed by atoms with Gasteiger partial charge in [-0.05, 0) is 0 Å². The molecule has 0 aliphatic rings. The molecule has 0 atom stereocenters. The summed E-state index contributed by atoms with van der Waals surface area (Å²) in [5.41, 5.74) is 0. The summed E-state index contributed by atoms with van der Waals surface area (Å²) in [4.78, 5) is 31.7. The number of aliphatic carboxylic acids is 1. The first-order chi connectivity index (χ1) is 7.06. The van der Waals surface area contributed by atoms with Crippen LogP contribution in [0, 0.1) is 0 Å². The SMILES string of the molecule is COCCNC(=O)NC(=O)/C=C/C(=O)O. The van der Waals surface area contributed by atoms with E-state index in [2.05, 4.69) is 10.1 Å². The zero-order valence-electron chi connectivity index (χ0n) is 8.15. The first-order valence-electron chi connectivity index (χ1n) is 4.05. The lowest BCUT2D eigenvalue weighted by atomic mass is 10.5. The fraction of sp³-hybridized carbons (Fsp3) is 0.375. The van der Waals surface area contributed by atoms with E-state index in [1.165, 1.54) is 7.11 Å². The number of imide groups is 1. The molecule has 0 aliphatic carbocycles. The van der Waals surface area contributed by atoms with Crippen LogP contribution >= 0.6 is 0 Å². The maximum absolute atomic E-state index is 10.9. The second-order valence-electron chi connectivity index (χ2n) is 2.41. The van der Waals surface area contributed by atoms with E-state index < -0.39 is 17.9 Å². The van der Waals surface area contributed by atoms with Crippen LogP contribution in [0.5, 0.6) is 0 Å². The molecule has 0 heterocycles. The number of carbonyl (C=O) groups excluding carboxylic acids is 2. The van der Waals surface area contributed by atoms with E-state index in [0.29, 0.717) is 12.7 Å². The predicted molar refractivity (Wildman–Crippen MR) is 50.2 cm³/mol. The summed E-state index contributed by atoms with van der Waals surface area (Å²) in [5.74, 6) is -2.06. The van der Waals surface area contributed by atoms with Crippen LogP contribution in [-0.2, 0) is 14.3 Å². The fourth-order valence-electron chi connectivity index (χ4n) is 0.611. The molecule has 7 nitrogen and oxygen atoms in total. The van der Waals surface area contributed by atoms with Crippen LogP contribution in [0.4, 0.5) is 4.79 Å². The molecule has 0 saturated carbocycles. The van der Waals surface area contributed by atoms with Crippen LogP contribution in [0.15, 0.2) is 12.2 Å². The van der Waals surface area contributed by atoms with Gasteiger partial charge in [0.2, 0.25) is 0 Å². The highest BCUT2D eigenvalue weighted by atomic mass is 16.5. The van der Waals surface area contributed by atoms with Gasteiger partial charge in [-0.25, -0.2) is 9.59 Å². The second-order valence-corrected chi connectivity index (χ2v) is 2.41. The third kappa shape index (κ3) is 8.44. The van der Waals surface area contributed by atoms with E-state index in [0.717, 1.165) is 6.08 Å². The number of methoxy groups -OCH3 is 1. The molecule has 15 heavy (non-hydrogen) atoms. The van der Waals surface area contributed by atoms with Gasteiger partial charge in [-0.2, -0.15) is 0 Å². The Morgan fingerprint density at radius 3 is 2.53 bits per heavy atom. The smallest absolute Gasteiger partial charge is 0.328 e. The number of carboxylic acid groups (broad SMARTS) is 1. The minimum absolute atomic E-state index is 0.262. The van der Waals surface area contributed by atoms with Gasteiger partial charge in [-0.3, -0.25) is 10.1 Å². The average molecular weight is 216 g/mol. The summed E-state index contributed by atoms with van der Waals surface area (Å²) >= 11 is 0. The highest BCUT2D eigenvalue weighted by Gasteiger charge is 2.03. The Labute approximate surface area is 86.1 Å². The molecule has 0 saturated heterocycles. The van der Waals surface area contributed by atoms with Crippen molar-refractivity contribution in [2.75, 3.05) is 20.3 Å². The topological polar surface area (TPSA) is 105 Å². The van der Waals surface area contributed by atoms with Crippen LogP contribution in [0.1, 0.15) is 0 Å². The average Bonchev–Trinajstić information content (AvgIpc) is 2.15. The van der Waals surface area contributed by atoms with E-state index in [1.807, 2.05) is 5.32 Å². The highest BCUT2D eigenvalue weighted by molar-refractivity contribution is 6.02. The van der Waals surface area contributed by atoms with E-state index in [1.54, 1.807) is 0 Å². The van der Waals surface area contributed by atoms with Crippen molar-refractivity contribution in [3.8, 4) is 0 Å². The number of hydrogen-bond acceptors (Lipinski definition) is 4. The molecule has 3 amide bonds. The van der Waals surface area contributed by atoms with E-state index in [4.69, 9.17) is 5.11 Å². The zero-order chi connectivity index (χ0) is 11.7. The largest absolute Gasteiger partial charge is 0.478 e. The minimum atomic E-state index is -1.26. The molecule has 0 fully saturated rings. The third-order valence-electron chi connectivity index (χ3n) is 1.21. The van der Waals surface area contributed by atoms with Gasteiger partial charge in [-0.15, -0.1) is 0 Å². The van der Waals surface area contributed by atoms with Gasteiger partial charge in [-0.1, -0.05) is 0 Å². The van der Waals surface area contributed by atoms with Crippen LogP contribution in [0.25, 0.3) is 0 Å². The molecule has 0 bridgehead atoms. The monoisotopic (exact) mass is 216 g/mol. The van der Waals surface area contributed by atoms with Gasteiger partial charge in [0.25, 0.3) is 5.91 Å². The van der Waals surface area contributed by atoms with Gasteiger partial charge >= 0.3 is 12.0 Å². The minimum Gasteiger partial charge on any atom is -0.478 e. The van der Waals surface area contributed by atoms with E-state index in [9.17, 15) is 14.4 Å². The standard InChI is InChI=1S/C8H12N2O5/c1-15-5-4-9-8(14)10-6(11)2-3-7(12)13/h2-3H,4-5H2,1H3,(H,12,13)(H2,9,10,11,14)/b3-2+. The van der Waals surface area contributed by atoms with Crippen molar-refractivity contribution in [3.63, 3.8) is 0 Å². The number of urea groups is 1. The van der Waals surface area contributed by atoms with E-state index in [-0.39, 0.29) is 6.54 Å². The number of hydrogen-bond donors (Lipinski definition) is 3. The molecule has 3 N–H and O–H groups in total. The molecule has 0 aromatic carbocycles. The molecule has 0 spiro atoms. The Morgan fingerprint density at radius 1 is 1.33 bits per heavy atom. The lowest BCUT2D eigenvalue weighted by Crippen LogP contribution is -2.40. The molecule has 0 aromatic rings. The molecule has 0 radical (unpaired) electrons. The van der Waals surface area contributed by atoms with Crippen LogP contribution in [0.2, 0.25) is 0 Å². The van der Waals surface area contributed by atoms with Crippen molar-refractivity contribution < 1.29 is 24.2 Å². The Balaban J connectivity index is 3.76. The van der Waals surface area contributed by atoms with Gasteiger partial charge < -0.3 is 15.2 Å². The van der Waals surface area contributed by atoms with Crippen molar-refractivity contribution in [1.82, 2.24) is 10.6 Å². The Kier molecular flexibility index (Phi) is 6.56. The summed E-state index contributed by atoms with van der Waals surface area (Å²) in [7, 11) is 1.47. The van der Waals surface area contributed by atoms with Gasteiger partial charge in [0.05, 0.1) is 6.61 Å². The summed E-state index contributed by atoms with van der Waals surface area (Å²) in [6.45, 7) is 0.588. The number of carboxylic acids is 1. The number of nitrogens with one attached hydrogen (secondary N) is 2. The second kappa shape index (κ2) is 7.51. The zero-order valence-corrected chi connectivity index (χ0v) is 8.15. The molecule has 0 aliphatic heterocycles. The quantitative estimate of drug-likeness (QED) is 0.408. The predicted octanol–water partition coefficient (Wildman–Crippen LogP) is -0.901. The van der Waals surface area contributed by atoms with Gasteiger partial charge in [0, 0.05) is 25.8 Å². The molecular weight excluding hydrogens is 204 g/mol. The van der Waals surface area contributed by atoms with Crippen molar-refractivity contribution in [3.05, 3.63) is 12.2 Å². The number of carbonyl (C=O) groups is 3. The van der Waals surface area contributed by atoms with Gasteiger partial charge in [0.15, 0.2) is 0 Å². The molecule has 0 unspecified atom stereocenters. The van der Waals surface area contributed by atoms with Crippen LogP contribution in [-0.4, -0.2) is 43.3 Å². The maximum atomic E-state index is 10.9. The first kappa shape index (κ1) is 13.1. The lowest BCUT2D eigenvalue weighted by Gasteiger charge is -2.03. The fourth-order valence-corrected chi connectivity index (χ4v) is 0.611. The van der Waals surface area contributed by atoms with Crippen molar-refractivity contribution >= 4 is 17.9 Å². The van der Waals surface area contributed by atoms with Crippen LogP contribution in [0.3, 0.4) is 0 Å². The van der Waals surface area contributed by atoms with Crippen molar-refractivity contribution in [2.45, 2.75) is 0 Å². The molecule has 0 rings (SSSR count). The number of rotatable bonds is 5. The number of amides is 3. The Bertz CT molecular complexity index is 274. The summed E-state index contributed by atoms with van der Waals surface area (Å²) in [6, 6.07) is -0.702. The van der Waals surface area contributed by atoms with Crippen LogP contribution < -0.4 is 10.6 Å². The Morgan fingerprint density at radius 2 is 2.00 bits per heavy atom. The lowest BCUT2D eigenvalue weighted by molar-refractivity contribution is -0.131. The third-order valence-corrected chi connectivity index (χ3v) is 1.21. The van der Waals surface area contributed by atoms with Gasteiger partial charge in [0.1, 0.15) is 0 Å². The first-order valence-corrected chi connectivity index (χ1v) is 4.05. The highest BCUT2D eigenvalue weighted by Crippen LogP contribution is 1.75. The normalized spacial score (nSPS) is 9.93. The molecule has 84 valence electrons. The Hall–Kier alpha value is -1.89. The van der Waals surface area contributed by atoms with Crippen molar-refractivity contribution in [1.29, 1.82) is 0 Å². The maximum Gasteiger partial charge on any atom is 0.328 e. The van der Waals surface area contributed by atoms with Crippen molar-refractivity contribution in [2.24, 2.45) is 0 Å². The summed E-state index contributed by atoms with van der Waals surface area (Å²) < 4.78 is 4.66. The van der Waals surface area contributed by atoms with E-state index >= 15 is 0 Å². The molecular formula is C8H12N2O5.